The fourth-order valence-electron chi connectivity index (χ4n) is 4.71. The standard InChI is InChI=1S/C28H22F3N3O3.C3H6/c29-18-6-1-5-17(13-18)15-32-27(36)26-21-9-3-10-22(31)25(21)28(37)34(20-8-2-7-19(30)14-20)23(26)16-33-12-4-11-24(33)35;1-2-3-1/h1-3,5-10,13-14H,4,11-12,15-16H2,(H,32,36);1-3H2. The van der Waals surface area contributed by atoms with E-state index in [1.165, 1.54) is 72.7 Å². The molecule has 40 heavy (non-hydrogen) atoms. The highest BCUT2D eigenvalue weighted by Gasteiger charge is 2.29. The molecule has 0 atom stereocenters. The van der Waals surface area contributed by atoms with Gasteiger partial charge < -0.3 is 10.2 Å². The van der Waals surface area contributed by atoms with Crippen molar-refractivity contribution in [2.45, 2.75) is 45.2 Å². The van der Waals surface area contributed by atoms with Crippen molar-refractivity contribution in [3.05, 3.63) is 111 Å². The van der Waals surface area contributed by atoms with E-state index >= 15 is 4.39 Å². The molecule has 0 spiro atoms. The van der Waals surface area contributed by atoms with Crippen molar-refractivity contribution in [3.8, 4) is 5.69 Å². The third-order valence-electron chi connectivity index (χ3n) is 6.76. The minimum Gasteiger partial charge on any atom is -0.348 e. The maximum Gasteiger partial charge on any atom is 0.266 e. The molecule has 2 fully saturated rings. The van der Waals surface area contributed by atoms with E-state index in [4.69, 9.17) is 0 Å². The Hall–Kier alpha value is -4.40. The summed E-state index contributed by atoms with van der Waals surface area (Å²) < 4.78 is 44.0. The van der Waals surface area contributed by atoms with Gasteiger partial charge in [0.05, 0.1) is 28.9 Å². The van der Waals surface area contributed by atoms with Crippen molar-refractivity contribution in [2.75, 3.05) is 6.54 Å². The van der Waals surface area contributed by atoms with Gasteiger partial charge in [0.15, 0.2) is 0 Å². The third kappa shape index (κ3) is 5.93. The molecule has 1 N–H and O–H groups in total. The van der Waals surface area contributed by atoms with Crippen LogP contribution in [0.15, 0.2) is 71.5 Å². The molecule has 206 valence electrons. The number of fused-ring (bicyclic) bond motifs is 1. The fourth-order valence-corrected chi connectivity index (χ4v) is 4.71. The predicted molar refractivity (Wildman–Crippen MR) is 146 cm³/mol. The molecular weight excluding hydrogens is 519 g/mol. The molecule has 6 nitrogen and oxygen atoms in total. The highest BCUT2D eigenvalue weighted by molar-refractivity contribution is 6.08. The minimum absolute atomic E-state index is 0.0190. The van der Waals surface area contributed by atoms with Crippen LogP contribution in [0.3, 0.4) is 0 Å². The summed E-state index contributed by atoms with van der Waals surface area (Å²) >= 11 is 0. The van der Waals surface area contributed by atoms with Crippen LogP contribution in [0.2, 0.25) is 0 Å². The quantitative estimate of drug-likeness (QED) is 0.340. The van der Waals surface area contributed by atoms with E-state index in [0.29, 0.717) is 24.9 Å². The van der Waals surface area contributed by atoms with Crippen LogP contribution >= 0.6 is 0 Å². The van der Waals surface area contributed by atoms with E-state index in [9.17, 15) is 23.2 Å². The van der Waals surface area contributed by atoms with Crippen LogP contribution in [0.4, 0.5) is 13.2 Å². The molecule has 1 aliphatic carbocycles. The SMILES string of the molecule is C1CC1.O=C(NCc1cccc(F)c1)c1c(CN2CCCC2=O)n(-c2cccc(F)c2)c(=O)c2c(F)cccc12. The number of benzene rings is 3. The van der Waals surface area contributed by atoms with Gasteiger partial charge in [0.25, 0.3) is 11.5 Å². The maximum absolute atomic E-state index is 15.0. The van der Waals surface area contributed by atoms with Crippen LogP contribution in [0.1, 0.15) is 53.7 Å². The maximum atomic E-state index is 15.0. The summed E-state index contributed by atoms with van der Waals surface area (Å²) in [4.78, 5) is 41.3. The summed E-state index contributed by atoms with van der Waals surface area (Å²) in [5, 5.41) is 2.45. The number of aromatic nitrogens is 1. The van der Waals surface area contributed by atoms with Gasteiger partial charge in [-0.2, -0.15) is 0 Å². The largest absolute Gasteiger partial charge is 0.348 e. The van der Waals surface area contributed by atoms with Crippen molar-refractivity contribution < 1.29 is 22.8 Å². The second-order valence-corrected chi connectivity index (χ2v) is 9.90. The minimum atomic E-state index is -0.837. The zero-order valence-corrected chi connectivity index (χ0v) is 21.8. The van der Waals surface area contributed by atoms with E-state index in [1.807, 2.05) is 0 Å². The number of amides is 2. The molecule has 2 amide bonds. The Balaban J connectivity index is 0.00000101. The first-order chi connectivity index (χ1) is 19.3. The summed E-state index contributed by atoms with van der Waals surface area (Å²) in [7, 11) is 0. The van der Waals surface area contributed by atoms with Gasteiger partial charge in [-0.25, -0.2) is 13.2 Å². The highest BCUT2D eigenvalue weighted by Crippen LogP contribution is 2.27. The van der Waals surface area contributed by atoms with Crippen LogP contribution in [-0.2, 0) is 17.9 Å². The van der Waals surface area contributed by atoms with E-state index in [-0.39, 0.29) is 46.7 Å². The number of halogens is 3. The van der Waals surface area contributed by atoms with E-state index in [1.54, 1.807) is 6.07 Å². The topological polar surface area (TPSA) is 71.4 Å². The molecule has 4 aromatic rings. The molecule has 1 saturated heterocycles. The molecule has 9 heteroatoms. The van der Waals surface area contributed by atoms with Crippen LogP contribution in [-0.4, -0.2) is 27.8 Å². The Labute approximate surface area is 229 Å². The molecular formula is C31H28F3N3O3. The number of carbonyl (C=O) groups is 2. The molecule has 1 aromatic heterocycles. The number of rotatable bonds is 6. The predicted octanol–water partition coefficient (Wildman–Crippen LogP) is 5.63. The molecule has 6 rings (SSSR count). The van der Waals surface area contributed by atoms with Gasteiger partial charge in [-0.1, -0.05) is 49.6 Å². The van der Waals surface area contributed by atoms with Gasteiger partial charge in [-0.05, 0) is 48.4 Å². The lowest BCUT2D eigenvalue weighted by molar-refractivity contribution is -0.128. The van der Waals surface area contributed by atoms with Crippen LogP contribution < -0.4 is 10.9 Å². The lowest BCUT2D eigenvalue weighted by Crippen LogP contribution is -2.35. The zero-order valence-electron chi connectivity index (χ0n) is 21.8. The van der Waals surface area contributed by atoms with Gasteiger partial charge in [0.1, 0.15) is 17.5 Å². The van der Waals surface area contributed by atoms with Gasteiger partial charge in [0, 0.05) is 24.9 Å². The summed E-state index contributed by atoms with van der Waals surface area (Å²) in [5.41, 5.74) is -0.0771. The molecule has 3 aromatic carbocycles. The lowest BCUT2D eigenvalue weighted by atomic mass is 10.0. The average Bonchev–Trinajstić information content (AvgIpc) is 3.76. The molecule has 0 unspecified atom stereocenters. The summed E-state index contributed by atoms with van der Waals surface area (Å²) in [6, 6.07) is 14.8. The van der Waals surface area contributed by atoms with Gasteiger partial charge in [-0.3, -0.25) is 19.0 Å². The molecule has 1 aliphatic heterocycles. The molecule has 0 bridgehead atoms. The van der Waals surface area contributed by atoms with Crippen molar-refractivity contribution in [1.29, 1.82) is 0 Å². The Morgan fingerprint density at radius 2 is 1.55 bits per heavy atom. The van der Waals surface area contributed by atoms with E-state index in [2.05, 4.69) is 5.32 Å². The number of nitrogens with one attached hydrogen (secondary N) is 1. The zero-order chi connectivity index (χ0) is 28.2. The Bertz CT molecular complexity index is 1650. The van der Waals surface area contributed by atoms with Gasteiger partial charge >= 0.3 is 0 Å². The number of hydrogen-bond donors (Lipinski definition) is 1. The first kappa shape index (κ1) is 27.2. The van der Waals surface area contributed by atoms with Crippen molar-refractivity contribution >= 4 is 22.6 Å². The third-order valence-corrected chi connectivity index (χ3v) is 6.76. The number of carbonyl (C=O) groups excluding carboxylic acids is 2. The first-order valence-corrected chi connectivity index (χ1v) is 13.3. The van der Waals surface area contributed by atoms with Crippen LogP contribution in [0.25, 0.3) is 16.5 Å². The summed E-state index contributed by atoms with van der Waals surface area (Å²) in [5.74, 6) is -2.73. The molecule has 2 aliphatic rings. The molecule has 2 heterocycles. The molecule has 0 radical (unpaired) electrons. The van der Waals surface area contributed by atoms with E-state index in [0.717, 1.165) is 16.7 Å². The summed E-state index contributed by atoms with van der Waals surface area (Å²) in [6.07, 6.45) is 5.44. The van der Waals surface area contributed by atoms with Crippen molar-refractivity contribution in [1.82, 2.24) is 14.8 Å². The summed E-state index contributed by atoms with van der Waals surface area (Å²) in [6.45, 7) is 0.274. The Morgan fingerprint density at radius 1 is 0.850 bits per heavy atom. The number of likely N-dealkylation sites (tertiary alicyclic amines) is 1. The Morgan fingerprint density at radius 3 is 2.20 bits per heavy atom. The highest BCUT2D eigenvalue weighted by atomic mass is 19.1. The Kier molecular flexibility index (Phi) is 8.00. The average molecular weight is 548 g/mol. The smallest absolute Gasteiger partial charge is 0.266 e. The fraction of sp³-hybridized carbons (Fsp3) is 0.258. The second kappa shape index (κ2) is 11.8. The second-order valence-electron chi connectivity index (χ2n) is 9.90. The van der Waals surface area contributed by atoms with Crippen LogP contribution in [0.5, 0.6) is 0 Å². The number of hydrogen-bond acceptors (Lipinski definition) is 3. The normalized spacial score (nSPS) is 14.2. The van der Waals surface area contributed by atoms with Gasteiger partial charge in [0.2, 0.25) is 5.91 Å². The molecule has 1 saturated carbocycles. The number of pyridine rings is 1. The first-order valence-electron chi connectivity index (χ1n) is 13.3. The van der Waals surface area contributed by atoms with E-state index < -0.39 is 28.9 Å². The number of nitrogens with zero attached hydrogens (tertiary/aromatic N) is 2. The lowest BCUT2D eigenvalue weighted by Gasteiger charge is -2.24. The monoisotopic (exact) mass is 547 g/mol. The van der Waals surface area contributed by atoms with Crippen molar-refractivity contribution in [3.63, 3.8) is 0 Å². The van der Waals surface area contributed by atoms with Crippen LogP contribution in [0, 0.1) is 17.5 Å². The van der Waals surface area contributed by atoms with Crippen molar-refractivity contribution in [2.24, 2.45) is 0 Å². The van der Waals surface area contributed by atoms with Gasteiger partial charge in [-0.15, -0.1) is 0 Å².